The van der Waals surface area contributed by atoms with E-state index < -0.39 is 0 Å². The second-order valence-electron chi connectivity index (χ2n) is 8.00. The van der Waals surface area contributed by atoms with Gasteiger partial charge in [-0.15, -0.1) is 0 Å². The summed E-state index contributed by atoms with van der Waals surface area (Å²) in [5.41, 5.74) is 2.95. The van der Waals surface area contributed by atoms with Gasteiger partial charge in [0, 0.05) is 31.6 Å². The van der Waals surface area contributed by atoms with E-state index in [0.29, 0.717) is 6.04 Å². The first-order chi connectivity index (χ1) is 12.5. The van der Waals surface area contributed by atoms with Crippen LogP contribution >= 0.6 is 0 Å². The molecule has 5 heteroatoms. The van der Waals surface area contributed by atoms with E-state index >= 15 is 0 Å². The summed E-state index contributed by atoms with van der Waals surface area (Å²) in [6.07, 6.45) is 4.39. The Balaban J connectivity index is 1.53. The zero-order valence-corrected chi connectivity index (χ0v) is 16.2. The van der Waals surface area contributed by atoms with Gasteiger partial charge in [0.1, 0.15) is 0 Å². The number of hydrogen-bond acceptors (Lipinski definition) is 3. The third-order valence-electron chi connectivity index (χ3n) is 5.85. The molecule has 1 atom stereocenters. The average molecular weight is 357 g/mol. The van der Waals surface area contributed by atoms with E-state index in [0.717, 1.165) is 38.8 Å². The molecule has 1 aromatic carbocycles. The first kappa shape index (κ1) is 18.9. The lowest BCUT2D eigenvalue weighted by atomic mass is 10.0. The number of nitrogens with one attached hydrogen (secondary N) is 1. The molecular formula is C21H31N3O2. The van der Waals surface area contributed by atoms with Crippen molar-refractivity contribution in [3.8, 4) is 0 Å². The van der Waals surface area contributed by atoms with E-state index in [4.69, 9.17) is 0 Å². The Bertz CT molecular complexity index is 633. The molecule has 0 saturated carbocycles. The third kappa shape index (κ3) is 4.26. The summed E-state index contributed by atoms with van der Waals surface area (Å²) in [6.45, 7) is 5.81. The monoisotopic (exact) mass is 357 g/mol. The lowest BCUT2D eigenvalue weighted by Crippen LogP contribution is -2.53. The highest BCUT2D eigenvalue weighted by Crippen LogP contribution is 2.28. The molecule has 2 amide bonds. The van der Waals surface area contributed by atoms with Crippen molar-refractivity contribution < 1.29 is 9.59 Å². The summed E-state index contributed by atoms with van der Waals surface area (Å²) < 4.78 is 0. The molecule has 1 fully saturated rings. The SMILES string of the molecule is CC(C)C(=O)NCC(=O)N(C)[C@@H]1CCCN(C2Cc3ccccc3C2)C1. The van der Waals surface area contributed by atoms with Gasteiger partial charge in [-0.3, -0.25) is 14.5 Å². The van der Waals surface area contributed by atoms with Gasteiger partial charge >= 0.3 is 0 Å². The topological polar surface area (TPSA) is 52.7 Å². The van der Waals surface area contributed by atoms with Crippen molar-refractivity contribution in [3.05, 3.63) is 35.4 Å². The highest BCUT2D eigenvalue weighted by Gasteiger charge is 2.32. The molecule has 26 heavy (non-hydrogen) atoms. The van der Waals surface area contributed by atoms with E-state index in [2.05, 4.69) is 34.5 Å². The van der Waals surface area contributed by atoms with Crippen LogP contribution in [0.3, 0.4) is 0 Å². The second-order valence-corrected chi connectivity index (χ2v) is 8.00. The fraction of sp³-hybridized carbons (Fsp3) is 0.619. The van der Waals surface area contributed by atoms with Gasteiger partial charge in [-0.25, -0.2) is 0 Å². The minimum Gasteiger partial charge on any atom is -0.347 e. The van der Waals surface area contributed by atoms with Crippen LogP contribution in [0.4, 0.5) is 0 Å². The van der Waals surface area contributed by atoms with Gasteiger partial charge in [0.05, 0.1) is 6.54 Å². The highest BCUT2D eigenvalue weighted by molar-refractivity contribution is 5.85. The van der Waals surface area contributed by atoms with E-state index in [-0.39, 0.29) is 30.3 Å². The van der Waals surface area contributed by atoms with Gasteiger partial charge in [0.15, 0.2) is 0 Å². The molecule has 1 heterocycles. The first-order valence-electron chi connectivity index (χ1n) is 9.80. The summed E-state index contributed by atoms with van der Waals surface area (Å²) in [4.78, 5) is 28.6. The number of nitrogens with zero attached hydrogens (tertiary/aromatic N) is 2. The van der Waals surface area contributed by atoms with Gasteiger partial charge < -0.3 is 10.2 Å². The normalized spacial score (nSPS) is 20.8. The summed E-state index contributed by atoms with van der Waals surface area (Å²) in [7, 11) is 1.88. The van der Waals surface area contributed by atoms with Crippen molar-refractivity contribution in [1.29, 1.82) is 0 Å². The van der Waals surface area contributed by atoms with Gasteiger partial charge in [-0.05, 0) is 43.4 Å². The number of carbonyl (C=O) groups is 2. The molecule has 3 rings (SSSR count). The lowest BCUT2D eigenvalue weighted by molar-refractivity contribution is -0.135. The van der Waals surface area contributed by atoms with E-state index in [1.54, 1.807) is 0 Å². The number of piperidine rings is 1. The maximum Gasteiger partial charge on any atom is 0.242 e. The maximum absolute atomic E-state index is 12.5. The van der Waals surface area contributed by atoms with Crippen molar-refractivity contribution in [3.63, 3.8) is 0 Å². The van der Waals surface area contributed by atoms with Crippen molar-refractivity contribution in [2.24, 2.45) is 5.92 Å². The Morgan fingerprint density at radius 2 is 1.88 bits per heavy atom. The Hall–Kier alpha value is -1.88. The van der Waals surface area contributed by atoms with Crippen LogP contribution in [-0.2, 0) is 22.4 Å². The number of fused-ring (bicyclic) bond motifs is 1. The van der Waals surface area contributed by atoms with Crippen LogP contribution in [0.1, 0.15) is 37.8 Å². The highest BCUT2D eigenvalue weighted by atomic mass is 16.2. The first-order valence-corrected chi connectivity index (χ1v) is 9.80. The Morgan fingerprint density at radius 1 is 1.23 bits per heavy atom. The van der Waals surface area contributed by atoms with Crippen molar-refractivity contribution in [2.45, 2.75) is 51.6 Å². The number of likely N-dealkylation sites (tertiary alicyclic amines) is 1. The molecule has 0 unspecified atom stereocenters. The standard InChI is InChI=1S/C21H31N3O2/c1-15(2)21(26)22-13-20(25)23(3)18-9-6-10-24(14-18)19-11-16-7-4-5-8-17(16)12-19/h4-5,7-8,15,18-19H,6,9-14H2,1-3H3,(H,22,26)/t18-/m1/s1. The zero-order chi connectivity index (χ0) is 18.7. The molecule has 1 N–H and O–H groups in total. The van der Waals surface area contributed by atoms with Crippen LogP contribution in [-0.4, -0.2) is 60.4 Å². The summed E-state index contributed by atoms with van der Waals surface area (Å²) in [6, 6.07) is 9.51. The van der Waals surface area contributed by atoms with Crippen LogP contribution in [0, 0.1) is 5.92 Å². The molecule has 5 nitrogen and oxygen atoms in total. The molecular weight excluding hydrogens is 326 g/mol. The van der Waals surface area contributed by atoms with Gasteiger partial charge in [0.2, 0.25) is 11.8 Å². The molecule has 142 valence electrons. The number of benzene rings is 1. The fourth-order valence-electron chi connectivity index (χ4n) is 4.12. The van der Waals surface area contributed by atoms with Crippen LogP contribution in [0.2, 0.25) is 0 Å². The molecule has 0 spiro atoms. The summed E-state index contributed by atoms with van der Waals surface area (Å²) >= 11 is 0. The zero-order valence-electron chi connectivity index (χ0n) is 16.2. The molecule has 2 aliphatic rings. The Morgan fingerprint density at radius 3 is 2.50 bits per heavy atom. The predicted molar refractivity (Wildman–Crippen MR) is 103 cm³/mol. The summed E-state index contributed by atoms with van der Waals surface area (Å²) in [5.74, 6) is -0.163. The quantitative estimate of drug-likeness (QED) is 0.875. The molecule has 1 aliphatic heterocycles. The smallest absolute Gasteiger partial charge is 0.242 e. The van der Waals surface area contributed by atoms with Crippen LogP contribution < -0.4 is 5.32 Å². The lowest BCUT2D eigenvalue weighted by Gasteiger charge is -2.40. The van der Waals surface area contributed by atoms with Crippen LogP contribution in [0.15, 0.2) is 24.3 Å². The van der Waals surface area contributed by atoms with Crippen molar-refractivity contribution in [2.75, 3.05) is 26.7 Å². The maximum atomic E-state index is 12.5. The third-order valence-corrected chi connectivity index (χ3v) is 5.85. The predicted octanol–water partition coefficient (Wildman–Crippen LogP) is 1.85. The number of likely N-dealkylation sites (N-methyl/N-ethyl adjacent to an activating group) is 1. The molecule has 0 radical (unpaired) electrons. The number of hydrogen-bond donors (Lipinski definition) is 1. The molecule has 0 aromatic heterocycles. The van der Waals surface area contributed by atoms with E-state index in [1.807, 2.05) is 25.8 Å². The van der Waals surface area contributed by atoms with Gasteiger partial charge in [-0.2, -0.15) is 0 Å². The number of amides is 2. The fourth-order valence-corrected chi connectivity index (χ4v) is 4.12. The number of carbonyl (C=O) groups excluding carboxylic acids is 2. The second kappa shape index (κ2) is 8.21. The van der Waals surface area contributed by atoms with E-state index in [1.165, 1.54) is 11.1 Å². The largest absolute Gasteiger partial charge is 0.347 e. The molecule has 1 saturated heterocycles. The minimum atomic E-state index is -0.0951. The molecule has 0 bridgehead atoms. The average Bonchev–Trinajstić information content (AvgIpc) is 3.09. The van der Waals surface area contributed by atoms with Gasteiger partial charge in [0.25, 0.3) is 0 Å². The number of rotatable bonds is 5. The van der Waals surface area contributed by atoms with Crippen molar-refractivity contribution in [1.82, 2.24) is 15.1 Å². The van der Waals surface area contributed by atoms with Gasteiger partial charge in [-0.1, -0.05) is 38.1 Å². The van der Waals surface area contributed by atoms with Crippen LogP contribution in [0.25, 0.3) is 0 Å². The molecule has 1 aliphatic carbocycles. The minimum absolute atomic E-state index is 0.000517. The summed E-state index contributed by atoms with van der Waals surface area (Å²) in [5, 5.41) is 2.74. The Labute approximate surface area is 156 Å². The van der Waals surface area contributed by atoms with Crippen molar-refractivity contribution >= 4 is 11.8 Å². The van der Waals surface area contributed by atoms with E-state index in [9.17, 15) is 9.59 Å². The molecule has 1 aromatic rings. The van der Waals surface area contributed by atoms with Crippen LogP contribution in [0.5, 0.6) is 0 Å². The Kier molecular flexibility index (Phi) is 5.97.